The molecule has 0 N–H and O–H groups in total. The van der Waals surface area contributed by atoms with Crippen LogP contribution in [0.15, 0.2) is 91.0 Å². The summed E-state index contributed by atoms with van der Waals surface area (Å²) in [6.45, 7) is 0. The Morgan fingerprint density at radius 3 is 1.04 bits per heavy atom. The van der Waals surface area contributed by atoms with Crippen LogP contribution in [0.2, 0.25) is 0 Å². The lowest BCUT2D eigenvalue weighted by atomic mass is 10.2. The van der Waals surface area contributed by atoms with Crippen LogP contribution in [0.1, 0.15) is 0 Å². The summed E-state index contributed by atoms with van der Waals surface area (Å²) >= 11 is 0. The molecule has 130 valence electrons. The van der Waals surface area contributed by atoms with Crippen molar-refractivity contribution in [2.75, 3.05) is 21.1 Å². The third-order valence-electron chi connectivity index (χ3n) is 3.04. The Kier molecular flexibility index (Phi) is 10.7. The monoisotopic (exact) mass is 358 g/mol. The first-order valence-corrected chi connectivity index (χ1v) is 9.60. The van der Waals surface area contributed by atoms with Gasteiger partial charge in [0.1, 0.15) is 0 Å². The molecule has 3 aromatic rings. The molecule has 0 unspecified atom stereocenters. The van der Waals surface area contributed by atoms with E-state index in [1.807, 2.05) is 26.0 Å². The van der Waals surface area contributed by atoms with Crippen molar-refractivity contribution >= 4 is 31.7 Å². The van der Waals surface area contributed by atoms with Gasteiger partial charge in [-0.15, -0.1) is 0 Å². The number of nitriles is 1. The highest BCUT2D eigenvalue weighted by Crippen LogP contribution is 2.32. The predicted molar refractivity (Wildman–Crippen MR) is 116 cm³/mol. The van der Waals surface area contributed by atoms with E-state index in [9.17, 15) is 0 Å². The number of nitrogens with zero attached hydrogens (tertiary/aromatic N) is 2. The highest BCUT2D eigenvalue weighted by Gasteiger charge is 2.14. The van der Waals surface area contributed by atoms with E-state index in [0.717, 1.165) is 0 Å². The molecule has 0 saturated carbocycles. The molecule has 0 aliphatic heterocycles. The molecule has 0 aliphatic rings. The van der Waals surface area contributed by atoms with E-state index in [1.54, 1.807) is 0 Å². The average Bonchev–Trinajstić information content (AvgIpc) is 2.65. The van der Waals surface area contributed by atoms with Crippen molar-refractivity contribution in [2.24, 2.45) is 0 Å². The maximum Gasteiger partial charge on any atom is 0.229 e. The van der Waals surface area contributed by atoms with E-state index in [0.29, 0.717) is 0 Å². The molecule has 0 atom stereocenters. The third-order valence-corrected chi connectivity index (χ3v) is 5.49. The molecule has 26 heavy (non-hydrogen) atoms. The van der Waals surface area contributed by atoms with Gasteiger partial charge in [-0.3, -0.25) is 0 Å². The van der Waals surface area contributed by atoms with Crippen LogP contribution in [-0.2, 0) is 0 Å². The molecule has 3 rings (SSSR count). The summed E-state index contributed by atoms with van der Waals surface area (Å²) in [5.74, 6) is 1.25. The van der Waals surface area contributed by atoms with E-state index in [4.69, 9.17) is 5.26 Å². The molecule has 0 saturated heterocycles. The lowest BCUT2D eigenvalue weighted by Crippen LogP contribution is -2.20. The molecule has 4 heteroatoms. The van der Waals surface area contributed by atoms with Crippen LogP contribution in [0.5, 0.6) is 0 Å². The summed E-state index contributed by atoms with van der Waals surface area (Å²) < 4.78 is 0. The van der Waals surface area contributed by atoms with Crippen molar-refractivity contribution in [3.63, 3.8) is 0 Å². The highest BCUT2D eigenvalue weighted by atomic mass is 31.1. The lowest BCUT2D eigenvalue weighted by Gasteiger charge is -2.18. The Morgan fingerprint density at radius 1 is 0.654 bits per heavy atom. The second-order valence-electron chi connectivity index (χ2n) is 5.81. The molecule has 0 heterocycles. The molecule has 0 fully saturated rings. The summed E-state index contributed by atoms with van der Waals surface area (Å²) in [5, 5.41) is 11.3. The molecule has 3 aromatic carbocycles. The van der Waals surface area contributed by atoms with Crippen molar-refractivity contribution < 1.29 is 0 Å². The fourth-order valence-electron chi connectivity index (χ4n) is 2.18. The first-order chi connectivity index (χ1) is 12.6. The Bertz CT molecular complexity index is 660. The van der Waals surface area contributed by atoms with Gasteiger partial charge in [-0.05, 0) is 50.9 Å². The van der Waals surface area contributed by atoms with Crippen LogP contribution < -0.4 is 15.9 Å². The number of benzene rings is 3. The van der Waals surface area contributed by atoms with Crippen LogP contribution >= 0.6 is 7.92 Å². The fraction of sp³-hybridized carbons (Fsp3) is 0.136. The van der Waals surface area contributed by atoms with Gasteiger partial charge in [-0.1, -0.05) is 91.0 Å². The van der Waals surface area contributed by atoms with Crippen molar-refractivity contribution in [3.8, 4) is 5.97 Å². The van der Waals surface area contributed by atoms with Gasteiger partial charge in [0.05, 0.1) is 0 Å². The first-order valence-electron chi connectivity index (χ1n) is 8.26. The summed E-state index contributed by atoms with van der Waals surface area (Å²) in [6, 6.07) is 32.3. The molecule has 0 bridgehead atoms. The van der Waals surface area contributed by atoms with Crippen molar-refractivity contribution in [3.05, 3.63) is 91.0 Å². The lowest BCUT2D eigenvalue weighted by molar-refractivity contribution is 0.505. The zero-order valence-electron chi connectivity index (χ0n) is 15.6. The van der Waals surface area contributed by atoms with Crippen molar-refractivity contribution in [1.29, 1.82) is 5.26 Å². The SMILES string of the molecule is CN(C)C.[B]C#N.c1ccc(P(c2ccccc2)c2ccccc2)cc1. The van der Waals surface area contributed by atoms with Gasteiger partial charge < -0.3 is 4.90 Å². The third kappa shape index (κ3) is 8.12. The molecule has 0 spiro atoms. The number of hydrogen-bond donors (Lipinski definition) is 0. The molecule has 0 aliphatic carbocycles. The van der Waals surface area contributed by atoms with Gasteiger partial charge in [0.25, 0.3) is 0 Å². The van der Waals surface area contributed by atoms with E-state index >= 15 is 0 Å². The largest absolute Gasteiger partial charge is 0.312 e. The minimum atomic E-state index is -0.446. The maximum atomic E-state index is 7.10. The van der Waals surface area contributed by atoms with E-state index < -0.39 is 7.92 Å². The molecular weight excluding hydrogens is 334 g/mol. The second-order valence-corrected chi connectivity index (χ2v) is 8.03. The first kappa shape index (κ1) is 21.6. The number of rotatable bonds is 3. The second kappa shape index (κ2) is 12.9. The molecule has 2 nitrogen and oxygen atoms in total. The summed E-state index contributed by atoms with van der Waals surface area (Å²) in [6.07, 6.45) is 0. The highest BCUT2D eigenvalue weighted by molar-refractivity contribution is 7.79. The van der Waals surface area contributed by atoms with Gasteiger partial charge in [0, 0.05) is 0 Å². The van der Waals surface area contributed by atoms with E-state index in [1.165, 1.54) is 21.9 Å². The van der Waals surface area contributed by atoms with E-state index in [-0.39, 0.29) is 0 Å². The van der Waals surface area contributed by atoms with Gasteiger partial charge in [-0.2, -0.15) is 0 Å². The Hall–Kier alpha value is -2.40. The van der Waals surface area contributed by atoms with Crippen LogP contribution in [0.4, 0.5) is 0 Å². The minimum Gasteiger partial charge on any atom is -0.312 e. The van der Waals surface area contributed by atoms with Crippen LogP contribution in [-0.4, -0.2) is 33.9 Å². The quantitative estimate of drug-likeness (QED) is 0.531. The van der Waals surface area contributed by atoms with Gasteiger partial charge in [0.15, 0.2) is 0 Å². The van der Waals surface area contributed by atoms with Crippen LogP contribution in [0.3, 0.4) is 0 Å². The predicted octanol–water partition coefficient (Wildman–Crippen LogP) is 3.26. The minimum absolute atomic E-state index is 0.446. The average molecular weight is 358 g/mol. The summed E-state index contributed by atoms with van der Waals surface area (Å²) in [5.41, 5.74) is 0. The maximum absolute atomic E-state index is 7.10. The summed E-state index contributed by atoms with van der Waals surface area (Å²) in [7, 11) is 9.71. The standard InChI is InChI=1S/C18H15P.C3H9N.CBN/c1-4-10-16(11-5-1)19(17-12-6-2-7-13-17)18-14-8-3-9-15-18;1-4(2)3;2-1-3/h1-15H;1-3H3;. The topological polar surface area (TPSA) is 27.0 Å². The van der Waals surface area contributed by atoms with Crippen molar-refractivity contribution in [2.45, 2.75) is 0 Å². The molecule has 0 aromatic heterocycles. The number of hydrogen-bond acceptors (Lipinski definition) is 2. The zero-order chi connectivity index (χ0) is 19.2. The summed E-state index contributed by atoms with van der Waals surface area (Å²) in [4.78, 5) is 2.00. The van der Waals surface area contributed by atoms with E-state index in [2.05, 4.69) is 98.8 Å². The molecular formula is C22H24BN2P. The fourth-order valence-corrected chi connectivity index (χ4v) is 4.48. The molecule has 2 radical (unpaired) electrons. The Balaban J connectivity index is 0.000000419. The van der Waals surface area contributed by atoms with Gasteiger partial charge >= 0.3 is 0 Å². The normalized spacial score (nSPS) is 9.38. The molecule has 0 amide bonds. The van der Waals surface area contributed by atoms with Crippen molar-refractivity contribution in [1.82, 2.24) is 4.90 Å². The smallest absolute Gasteiger partial charge is 0.229 e. The zero-order valence-corrected chi connectivity index (χ0v) is 16.5. The van der Waals surface area contributed by atoms with Crippen LogP contribution in [0, 0.1) is 11.2 Å². The van der Waals surface area contributed by atoms with Gasteiger partial charge in [-0.25, -0.2) is 5.26 Å². The Morgan fingerprint density at radius 2 is 0.846 bits per heavy atom. The van der Waals surface area contributed by atoms with Gasteiger partial charge in [0.2, 0.25) is 7.85 Å². The van der Waals surface area contributed by atoms with Crippen LogP contribution in [0.25, 0.3) is 0 Å². The Labute approximate surface area is 160 Å².